The summed E-state index contributed by atoms with van der Waals surface area (Å²) < 4.78 is 0. The molecule has 4 rings (SSSR count). The number of fused-ring (bicyclic) bond motifs is 5. The van der Waals surface area contributed by atoms with E-state index >= 15 is 0 Å². The molecule has 4 aliphatic rings. The summed E-state index contributed by atoms with van der Waals surface area (Å²) in [5, 5.41) is 0. The number of hydrogen-bond acceptors (Lipinski definition) is 1. The van der Waals surface area contributed by atoms with Crippen LogP contribution < -0.4 is 0 Å². The summed E-state index contributed by atoms with van der Waals surface area (Å²) in [6, 6.07) is 0. The topological polar surface area (TPSA) is 17.1 Å². The smallest absolute Gasteiger partial charge is 0.162 e. The molecule has 3 fully saturated rings. The molecule has 4 unspecified atom stereocenters. The molecule has 2 bridgehead atoms. The molecule has 0 aliphatic heterocycles. The summed E-state index contributed by atoms with van der Waals surface area (Å²) in [6.07, 6.45) is 14.0. The van der Waals surface area contributed by atoms with Gasteiger partial charge in [-0.1, -0.05) is 18.9 Å². The Bertz CT molecular complexity index is 378. The van der Waals surface area contributed by atoms with Crippen molar-refractivity contribution in [1.29, 1.82) is 0 Å². The third-order valence-electron chi connectivity index (χ3n) is 6.15. The second-order valence-electron chi connectivity index (χ2n) is 7.06. The fourth-order valence-electron chi connectivity index (χ4n) is 5.31. The molecular weight excluding hydrogens is 220 g/mol. The fraction of sp³-hybridized carbons (Fsp3) is 0.824. The van der Waals surface area contributed by atoms with Crippen LogP contribution in [0.2, 0.25) is 0 Å². The van der Waals surface area contributed by atoms with Crippen LogP contribution in [0.3, 0.4) is 0 Å². The molecule has 0 aromatic heterocycles. The highest BCUT2D eigenvalue weighted by Gasteiger charge is 2.67. The van der Waals surface area contributed by atoms with Crippen molar-refractivity contribution in [3.05, 3.63) is 11.6 Å². The lowest BCUT2D eigenvalue weighted by atomic mass is 9.91. The van der Waals surface area contributed by atoms with Gasteiger partial charge in [0, 0.05) is 5.92 Å². The standard InChI is InChI=1S/C17H24O/c18-17(11-6-4-2-1-3-5-7-11)16-14-12-8-9-13(10-12)15(14)16/h6,12-16H,1-5,7-10H2. The second-order valence-corrected chi connectivity index (χ2v) is 7.06. The van der Waals surface area contributed by atoms with E-state index in [4.69, 9.17) is 0 Å². The molecule has 0 heterocycles. The molecule has 4 aliphatic carbocycles. The van der Waals surface area contributed by atoms with Gasteiger partial charge in [-0.15, -0.1) is 0 Å². The minimum atomic E-state index is 0.474. The Morgan fingerprint density at radius 1 is 1.00 bits per heavy atom. The highest BCUT2D eigenvalue weighted by molar-refractivity contribution is 5.99. The number of ketones is 1. The highest BCUT2D eigenvalue weighted by Crippen LogP contribution is 2.70. The molecule has 0 amide bonds. The lowest BCUT2D eigenvalue weighted by Gasteiger charge is -2.13. The van der Waals surface area contributed by atoms with Crippen molar-refractivity contribution >= 4 is 5.78 Å². The largest absolute Gasteiger partial charge is 0.294 e. The van der Waals surface area contributed by atoms with Crippen LogP contribution >= 0.6 is 0 Å². The van der Waals surface area contributed by atoms with E-state index in [0.29, 0.717) is 11.7 Å². The van der Waals surface area contributed by atoms with Gasteiger partial charge in [0.1, 0.15) is 0 Å². The first-order valence-corrected chi connectivity index (χ1v) is 8.09. The van der Waals surface area contributed by atoms with Gasteiger partial charge in [0.2, 0.25) is 0 Å². The normalized spacial score (nSPS) is 46.0. The molecule has 3 saturated carbocycles. The average Bonchev–Trinajstić information content (AvgIpc) is 2.77. The first-order chi connectivity index (χ1) is 8.86. The van der Waals surface area contributed by atoms with Gasteiger partial charge < -0.3 is 0 Å². The third-order valence-corrected chi connectivity index (χ3v) is 6.15. The number of hydrogen-bond donors (Lipinski definition) is 0. The predicted molar refractivity (Wildman–Crippen MR) is 72.1 cm³/mol. The van der Waals surface area contributed by atoms with Crippen LogP contribution in [0.25, 0.3) is 0 Å². The summed E-state index contributed by atoms with van der Waals surface area (Å²) in [5.74, 6) is 4.56. The van der Waals surface area contributed by atoms with Crippen LogP contribution in [0, 0.1) is 29.6 Å². The van der Waals surface area contributed by atoms with Crippen molar-refractivity contribution in [3.8, 4) is 0 Å². The Kier molecular flexibility index (Phi) is 2.63. The van der Waals surface area contributed by atoms with Gasteiger partial charge in [0.25, 0.3) is 0 Å². The maximum atomic E-state index is 12.7. The summed E-state index contributed by atoms with van der Waals surface area (Å²) in [6.45, 7) is 0. The Morgan fingerprint density at radius 3 is 2.50 bits per heavy atom. The van der Waals surface area contributed by atoms with Crippen LogP contribution in [0.5, 0.6) is 0 Å². The van der Waals surface area contributed by atoms with Gasteiger partial charge in [0.05, 0.1) is 0 Å². The number of allylic oxidation sites excluding steroid dienone is 2. The van der Waals surface area contributed by atoms with Crippen molar-refractivity contribution in [2.75, 3.05) is 0 Å². The van der Waals surface area contributed by atoms with Crippen LogP contribution in [0.15, 0.2) is 11.6 Å². The molecular formula is C17H24O. The molecule has 4 atom stereocenters. The molecule has 0 radical (unpaired) electrons. The lowest BCUT2D eigenvalue weighted by Crippen LogP contribution is -2.13. The van der Waals surface area contributed by atoms with Crippen molar-refractivity contribution in [3.63, 3.8) is 0 Å². The van der Waals surface area contributed by atoms with Gasteiger partial charge in [-0.2, -0.15) is 0 Å². The Balaban J connectivity index is 1.48. The number of Topliss-reactive ketones (excluding diaryl/α,β-unsaturated/α-hetero) is 1. The van der Waals surface area contributed by atoms with Crippen LogP contribution in [-0.4, -0.2) is 5.78 Å². The van der Waals surface area contributed by atoms with Crippen molar-refractivity contribution in [2.45, 2.75) is 57.8 Å². The fourth-order valence-corrected chi connectivity index (χ4v) is 5.31. The molecule has 0 aromatic rings. The highest BCUT2D eigenvalue weighted by atomic mass is 16.1. The molecule has 1 heteroatoms. The molecule has 18 heavy (non-hydrogen) atoms. The molecule has 0 spiro atoms. The molecule has 1 nitrogen and oxygen atoms in total. The molecule has 0 aromatic carbocycles. The minimum absolute atomic E-state index is 0.474. The zero-order chi connectivity index (χ0) is 12.1. The quantitative estimate of drug-likeness (QED) is 0.714. The maximum Gasteiger partial charge on any atom is 0.162 e. The number of carbonyl (C=O) groups excluding carboxylic acids is 1. The molecule has 0 saturated heterocycles. The van der Waals surface area contributed by atoms with E-state index in [1.807, 2.05) is 0 Å². The minimum Gasteiger partial charge on any atom is -0.294 e. The lowest BCUT2D eigenvalue weighted by molar-refractivity contribution is -0.117. The van der Waals surface area contributed by atoms with Gasteiger partial charge in [-0.05, 0) is 74.2 Å². The second kappa shape index (κ2) is 4.21. The Morgan fingerprint density at radius 2 is 1.72 bits per heavy atom. The van der Waals surface area contributed by atoms with Gasteiger partial charge in [-0.3, -0.25) is 4.79 Å². The summed E-state index contributed by atoms with van der Waals surface area (Å²) in [5.41, 5.74) is 1.22. The van der Waals surface area contributed by atoms with E-state index in [1.165, 1.54) is 50.5 Å². The Hall–Kier alpha value is -0.590. The maximum absolute atomic E-state index is 12.7. The predicted octanol–water partition coefficient (Wildman–Crippen LogP) is 4.13. The van der Waals surface area contributed by atoms with E-state index in [0.717, 1.165) is 36.5 Å². The molecule has 0 N–H and O–H groups in total. The van der Waals surface area contributed by atoms with Gasteiger partial charge >= 0.3 is 0 Å². The first kappa shape index (κ1) is 11.3. The van der Waals surface area contributed by atoms with E-state index < -0.39 is 0 Å². The first-order valence-electron chi connectivity index (χ1n) is 8.09. The van der Waals surface area contributed by atoms with Crippen molar-refractivity contribution in [1.82, 2.24) is 0 Å². The molecule has 98 valence electrons. The number of rotatable bonds is 2. The summed E-state index contributed by atoms with van der Waals surface area (Å²) >= 11 is 0. The van der Waals surface area contributed by atoms with Gasteiger partial charge in [-0.25, -0.2) is 0 Å². The van der Waals surface area contributed by atoms with Crippen LogP contribution in [-0.2, 0) is 4.79 Å². The van der Waals surface area contributed by atoms with E-state index in [2.05, 4.69) is 6.08 Å². The number of carbonyl (C=O) groups is 1. The van der Waals surface area contributed by atoms with E-state index in [9.17, 15) is 4.79 Å². The third kappa shape index (κ3) is 1.62. The zero-order valence-corrected chi connectivity index (χ0v) is 11.2. The monoisotopic (exact) mass is 244 g/mol. The van der Waals surface area contributed by atoms with E-state index in [1.54, 1.807) is 0 Å². The SMILES string of the molecule is O=C(C1=CCCCCCC1)C1C2C3CCC(C3)C12. The van der Waals surface area contributed by atoms with Gasteiger partial charge in [0.15, 0.2) is 5.78 Å². The van der Waals surface area contributed by atoms with Crippen molar-refractivity contribution in [2.24, 2.45) is 29.6 Å². The summed E-state index contributed by atoms with van der Waals surface area (Å²) in [7, 11) is 0. The van der Waals surface area contributed by atoms with E-state index in [-0.39, 0.29) is 0 Å². The Labute approximate surface area is 110 Å². The summed E-state index contributed by atoms with van der Waals surface area (Å²) in [4.78, 5) is 12.7. The van der Waals surface area contributed by atoms with Crippen LogP contribution in [0.1, 0.15) is 57.8 Å². The zero-order valence-electron chi connectivity index (χ0n) is 11.2. The van der Waals surface area contributed by atoms with Crippen LogP contribution in [0.4, 0.5) is 0 Å². The average molecular weight is 244 g/mol. The van der Waals surface area contributed by atoms with Crippen molar-refractivity contribution < 1.29 is 4.79 Å².